The van der Waals surface area contributed by atoms with Crippen LogP contribution in [0, 0.1) is 0 Å². The molecule has 1 aromatic heterocycles. The first-order chi connectivity index (χ1) is 8.02. The molecule has 1 unspecified atom stereocenters. The molecule has 96 valence electrons. The maximum Gasteiger partial charge on any atom is 0.140 e. The lowest BCUT2D eigenvalue weighted by molar-refractivity contribution is 0.261. The monoisotopic (exact) mass is 239 g/mol. The van der Waals surface area contributed by atoms with Gasteiger partial charge >= 0.3 is 0 Å². The smallest absolute Gasteiger partial charge is 0.140 e. The van der Waals surface area contributed by atoms with Gasteiger partial charge in [0.25, 0.3) is 0 Å². The van der Waals surface area contributed by atoms with Gasteiger partial charge in [0, 0.05) is 32.3 Å². The van der Waals surface area contributed by atoms with Crippen molar-refractivity contribution in [2.45, 2.75) is 25.8 Å². The highest BCUT2D eigenvalue weighted by Gasteiger charge is 2.11. The van der Waals surface area contributed by atoms with E-state index in [4.69, 9.17) is 10.9 Å². The van der Waals surface area contributed by atoms with E-state index in [1.807, 2.05) is 26.5 Å². The molecule has 0 aromatic carbocycles. The van der Waals surface area contributed by atoms with Gasteiger partial charge in [-0.2, -0.15) is 5.10 Å². The molecule has 0 bridgehead atoms. The number of oxime groups is 1. The molecule has 0 saturated carbocycles. The van der Waals surface area contributed by atoms with Crippen LogP contribution in [0.1, 0.15) is 18.9 Å². The fourth-order valence-corrected chi connectivity index (χ4v) is 1.63. The van der Waals surface area contributed by atoms with Crippen molar-refractivity contribution in [3.05, 3.63) is 18.0 Å². The first-order valence-electron chi connectivity index (χ1n) is 5.67. The predicted octanol–water partition coefficient (Wildman–Crippen LogP) is 0.419. The van der Waals surface area contributed by atoms with Crippen molar-refractivity contribution >= 4 is 5.84 Å². The number of hydrogen-bond acceptors (Lipinski definition) is 4. The van der Waals surface area contributed by atoms with E-state index in [2.05, 4.69) is 22.1 Å². The van der Waals surface area contributed by atoms with Crippen LogP contribution in [0.5, 0.6) is 0 Å². The van der Waals surface area contributed by atoms with Crippen LogP contribution in [0.2, 0.25) is 0 Å². The van der Waals surface area contributed by atoms with Gasteiger partial charge in [-0.05, 0) is 26.0 Å². The summed E-state index contributed by atoms with van der Waals surface area (Å²) in [4.78, 5) is 2.19. The van der Waals surface area contributed by atoms with Gasteiger partial charge in [0.05, 0.1) is 6.20 Å². The second-order valence-electron chi connectivity index (χ2n) is 4.40. The number of aromatic nitrogens is 2. The third-order valence-electron chi connectivity index (χ3n) is 2.90. The Labute approximate surface area is 102 Å². The van der Waals surface area contributed by atoms with Crippen molar-refractivity contribution in [3.8, 4) is 0 Å². The van der Waals surface area contributed by atoms with Gasteiger partial charge in [-0.25, -0.2) is 0 Å². The molecule has 6 heteroatoms. The maximum atomic E-state index is 8.51. The molecule has 1 aromatic rings. The predicted molar refractivity (Wildman–Crippen MR) is 67.0 cm³/mol. The van der Waals surface area contributed by atoms with Gasteiger partial charge in [0.15, 0.2) is 0 Å². The van der Waals surface area contributed by atoms with Crippen molar-refractivity contribution in [1.29, 1.82) is 0 Å². The van der Waals surface area contributed by atoms with Gasteiger partial charge in [-0.1, -0.05) is 5.16 Å². The van der Waals surface area contributed by atoms with E-state index in [1.165, 1.54) is 5.56 Å². The van der Waals surface area contributed by atoms with Crippen LogP contribution < -0.4 is 5.73 Å². The summed E-state index contributed by atoms with van der Waals surface area (Å²) in [6, 6.07) is 0.252. The van der Waals surface area contributed by atoms with E-state index >= 15 is 0 Å². The van der Waals surface area contributed by atoms with Crippen LogP contribution in [-0.4, -0.2) is 45.4 Å². The summed E-state index contributed by atoms with van der Waals surface area (Å²) in [6.07, 6.45) is 5.41. The Hall–Kier alpha value is -1.56. The number of nitrogens with two attached hydrogens (primary N) is 1. The van der Waals surface area contributed by atoms with Gasteiger partial charge in [-0.3, -0.25) is 4.68 Å². The molecule has 0 amide bonds. The van der Waals surface area contributed by atoms with Crippen LogP contribution in [0.3, 0.4) is 0 Å². The second kappa shape index (κ2) is 6.24. The standard InChI is InChI=1S/C11H21N5O/c1-9(6-11(12)14-17)15(2)5-4-10-7-13-16(3)8-10/h7-9,17H,4-6H2,1-3H3,(H2,12,14). The Morgan fingerprint density at radius 1 is 1.71 bits per heavy atom. The van der Waals surface area contributed by atoms with Crippen molar-refractivity contribution < 1.29 is 5.21 Å². The number of nitrogens with zero attached hydrogens (tertiary/aromatic N) is 4. The van der Waals surface area contributed by atoms with E-state index in [1.54, 1.807) is 4.68 Å². The summed E-state index contributed by atoms with van der Waals surface area (Å²) in [7, 11) is 3.94. The van der Waals surface area contributed by atoms with Gasteiger partial charge < -0.3 is 15.8 Å². The molecule has 3 N–H and O–H groups in total. The number of rotatable bonds is 6. The van der Waals surface area contributed by atoms with Crippen molar-refractivity contribution in [1.82, 2.24) is 14.7 Å². The summed E-state index contributed by atoms with van der Waals surface area (Å²) in [5, 5.41) is 15.6. The molecule has 0 aliphatic carbocycles. The third-order valence-corrected chi connectivity index (χ3v) is 2.90. The summed E-state index contributed by atoms with van der Waals surface area (Å²) < 4.78 is 1.80. The fraction of sp³-hybridized carbons (Fsp3) is 0.636. The average molecular weight is 239 g/mol. The Balaban J connectivity index is 2.36. The number of amidine groups is 1. The summed E-state index contributed by atoms with van der Waals surface area (Å²) in [6.45, 7) is 2.98. The second-order valence-corrected chi connectivity index (χ2v) is 4.40. The zero-order valence-electron chi connectivity index (χ0n) is 10.7. The van der Waals surface area contributed by atoms with Crippen LogP contribution in [0.25, 0.3) is 0 Å². The van der Waals surface area contributed by atoms with E-state index < -0.39 is 0 Å². The lowest BCUT2D eigenvalue weighted by Gasteiger charge is -2.23. The minimum atomic E-state index is 0.252. The summed E-state index contributed by atoms with van der Waals surface area (Å²) in [5.41, 5.74) is 6.70. The van der Waals surface area contributed by atoms with Crippen LogP contribution in [0.15, 0.2) is 17.5 Å². The molecule has 1 rings (SSSR count). The Morgan fingerprint density at radius 3 is 2.94 bits per heavy atom. The highest BCUT2D eigenvalue weighted by Crippen LogP contribution is 2.04. The largest absolute Gasteiger partial charge is 0.409 e. The molecule has 17 heavy (non-hydrogen) atoms. The SMILES string of the molecule is CC(CC(N)=NO)N(C)CCc1cnn(C)c1. The maximum absolute atomic E-state index is 8.51. The molecule has 0 spiro atoms. The lowest BCUT2D eigenvalue weighted by atomic mass is 10.1. The van der Waals surface area contributed by atoms with E-state index in [9.17, 15) is 0 Å². The number of aryl methyl sites for hydroxylation is 1. The van der Waals surface area contributed by atoms with Gasteiger partial charge in [0.1, 0.15) is 5.84 Å². The fourth-order valence-electron chi connectivity index (χ4n) is 1.63. The minimum Gasteiger partial charge on any atom is -0.409 e. The quantitative estimate of drug-likeness (QED) is 0.326. The summed E-state index contributed by atoms with van der Waals surface area (Å²) >= 11 is 0. The summed E-state index contributed by atoms with van der Waals surface area (Å²) in [5.74, 6) is 0.269. The van der Waals surface area contributed by atoms with Crippen LogP contribution in [-0.2, 0) is 13.5 Å². The Kier molecular flexibility index (Phi) is 4.96. The Morgan fingerprint density at radius 2 is 2.41 bits per heavy atom. The van der Waals surface area contributed by atoms with Gasteiger partial charge in [0.2, 0.25) is 0 Å². The van der Waals surface area contributed by atoms with E-state index in [-0.39, 0.29) is 11.9 Å². The van der Waals surface area contributed by atoms with E-state index in [0.29, 0.717) is 6.42 Å². The minimum absolute atomic E-state index is 0.252. The lowest BCUT2D eigenvalue weighted by Crippen LogP contribution is -2.34. The molecule has 0 radical (unpaired) electrons. The number of hydrogen-bond donors (Lipinski definition) is 2. The molecule has 1 heterocycles. The zero-order chi connectivity index (χ0) is 12.8. The molecule has 0 aliphatic rings. The molecular formula is C11H21N5O. The van der Waals surface area contributed by atoms with Crippen LogP contribution >= 0.6 is 0 Å². The average Bonchev–Trinajstić information content (AvgIpc) is 2.71. The first-order valence-corrected chi connectivity index (χ1v) is 5.67. The van der Waals surface area contributed by atoms with Crippen molar-refractivity contribution in [2.75, 3.05) is 13.6 Å². The van der Waals surface area contributed by atoms with Gasteiger partial charge in [-0.15, -0.1) is 0 Å². The van der Waals surface area contributed by atoms with E-state index in [0.717, 1.165) is 13.0 Å². The van der Waals surface area contributed by atoms with Crippen molar-refractivity contribution in [2.24, 2.45) is 17.9 Å². The van der Waals surface area contributed by atoms with Crippen molar-refractivity contribution in [3.63, 3.8) is 0 Å². The molecule has 0 saturated heterocycles. The molecular weight excluding hydrogens is 218 g/mol. The molecule has 1 atom stereocenters. The molecule has 0 aliphatic heterocycles. The van der Waals surface area contributed by atoms with Crippen LogP contribution in [0.4, 0.5) is 0 Å². The third kappa shape index (κ3) is 4.44. The molecule has 0 fully saturated rings. The highest BCUT2D eigenvalue weighted by molar-refractivity contribution is 5.80. The number of likely N-dealkylation sites (N-methyl/N-ethyl adjacent to an activating group) is 1. The normalized spacial score (nSPS) is 14.2. The Bertz CT molecular complexity index is 374. The molecule has 6 nitrogen and oxygen atoms in total. The highest BCUT2D eigenvalue weighted by atomic mass is 16.4. The zero-order valence-corrected chi connectivity index (χ0v) is 10.7. The topological polar surface area (TPSA) is 79.7 Å². The first kappa shape index (κ1) is 13.5.